The Balaban J connectivity index is 2.35. The molecule has 1 aliphatic rings. The molecule has 0 aliphatic heterocycles. The smallest absolute Gasteiger partial charge is 0.306 e. The second kappa shape index (κ2) is 3.46. The molecular weight excluding hydrogens is 158 g/mol. The summed E-state index contributed by atoms with van der Waals surface area (Å²) in [5.41, 5.74) is -0.591. The predicted molar refractivity (Wildman–Crippen MR) is 43.8 cm³/mol. The molecule has 0 aromatic carbocycles. The minimum Gasteiger partial charge on any atom is -0.466 e. The molecule has 0 spiro atoms. The molecule has 0 aromatic rings. The van der Waals surface area contributed by atoms with Crippen LogP contribution in [0.2, 0.25) is 6.32 Å². The van der Waals surface area contributed by atoms with Gasteiger partial charge in [-0.2, -0.15) is 0 Å². The van der Waals surface area contributed by atoms with Crippen LogP contribution in [0.4, 0.5) is 4.39 Å². The minimum atomic E-state index is -0.910. The summed E-state index contributed by atoms with van der Waals surface area (Å²) in [4.78, 5) is 11.0. The number of hydrogen-bond acceptors (Lipinski definition) is 2. The maximum atomic E-state index is 12.7. The van der Waals surface area contributed by atoms with Gasteiger partial charge in [-0.1, -0.05) is 6.32 Å². The van der Waals surface area contributed by atoms with Gasteiger partial charge in [-0.3, -0.25) is 4.79 Å². The van der Waals surface area contributed by atoms with E-state index in [2.05, 4.69) is 0 Å². The molecule has 66 valence electrons. The van der Waals surface area contributed by atoms with Crippen molar-refractivity contribution in [1.82, 2.24) is 0 Å². The molecular formula is C8H12BFO2. The van der Waals surface area contributed by atoms with E-state index in [0.717, 1.165) is 0 Å². The Morgan fingerprint density at radius 1 is 1.83 bits per heavy atom. The number of ether oxygens (including phenoxy) is 1. The highest BCUT2D eigenvalue weighted by atomic mass is 19.1. The number of carbonyl (C=O) groups excluding carboxylic acids is 1. The first-order chi connectivity index (χ1) is 5.64. The van der Waals surface area contributed by atoms with Gasteiger partial charge < -0.3 is 4.74 Å². The third-order valence-corrected chi connectivity index (χ3v) is 2.30. The minimum absolute atomic E-state index is 0.124. The van der Waals surface area contributed by atoms with Crippen molar-refractivity contribution < 1.29 is 13.9 Å². The summed E-state index contributed by atoms with van der Waals surface area (Å²) < 4.78 is 17.5. The van der Waals surface area contributed by atoms with Gasteiger partial charge in [0.05, 0.1) is 20.9 Å². The maximum absolute atomic E-state index is 12.7. The first-order valence-electron chi connectivity index (χ1n) is 4.14. The fourth-order valence-electron chi connectivity index (χ4n) is 1.26. The number of alkyl halides is 1. The number of rotatable bonds is 4. The number of carbonyl (C=O) groups is 1. The van der Waals surface area contributed by atoms with Crippen LogP contribution in [0.5, 0.6) is 0 Å². The van der Waals surface area contributed by atoms with Gasteiger partial charge >= 0.3 is 5.97 Å². The SMILES string of the molecule is [B]CC1(CC(=O)OCC)CC1F. The molecule has 4 heteroatoms. The Morgan fingerprint density at radius 2 is 2.42 bits per heavy atom. The first kappa shape index (κ1) is 9.55. The molecule has 1 rings (SSSR count). The summed E-state index contributed by atoms with van der Waals surface area (Å²) in [5, 5.41) is 0. The largest absolute Gasteiger partial charge is 0.466 e. The van der Waals surface area contributed by atoms with Crippen molar-refractivity contribution in [2.24, 2.45) is 5.41 Å². The average Bonchev–Trinajstić information content (AvgIpc) is 2.63. The lowest BCUT2D eigenvalue weighted by molar-refractivity contribution is -0.144. The molecule has 0 bridgehead atoms. The first-order valence-corrected chi connectivity index (χ1v) is 4.14. The Hall–Kier alpha value is -0.535. The lowest BCUT2D eigenvalue weighted by Gasteiger charge is -2.10. The number of hydrogen-bond donors (Lipinski definition) is 0. The fraction of sp³-hybridized carbons (Fsp3) is 0.875. The van der Waals surface area contributed by atoms with Crippen LogP contribution in [0.3, 0.4) is 0 Å². The average molecular weight is 170 g/mol. The topological polar surface area (TPSA) is 26.3 Å². The molecule has 0 amide bonds. The Labute approximate surface area is 72.9 Å². The summed E-state index contributed by atoms with van der Waals surface area (Å²) >= 11 is 0. The highest BCUT2D eigenvalue weighted by Gasteiger charge is 2.54. The lowest BCUT2D eigenvalue weighted by Crippen LogP contribution is -2.14. The predicted octanol–water partition coefficient (Wildman–Crippen LogP) is 1.25. The van der Waals surface area contributed by atoms with Gasteiger partial charge in [0.25, 0.3) is 0 Å². The van der Waals surface area contributed by atoms with E-state index in [9.17, 15) is 9.18 Å². The molecule has 1 aliphatic carbocycles. The van der Waals surface area contributed by atoms with Crippen LogP contribution in [0, 0.1) is 5.41 Å². The summed E-state index contributed by atoms with van der Waals surface area (Å²) in [5.74, 6) is -0.344. The molecule has 2 atom stereocenters. The van der Waals surface area contributed by atoms with Crippen LogP contribution in [0.15, 0.2) is 0 Å². The molecule has 2 nitrogen and oxygen atoms in total. The number of esters is 1. The van der Waals surface area contributed by atoms with E-state index in [1.165, 1.54) is 0 Å². The molecule has 2 unspecified atom stereocenters. The highest BCUT2D eigenvalue weighted by molar-refractivity contribution is 6.09. The molecule has 1 fully saturated rings. The summed E-state index contributed by atoms with van der Waals surface area (Å²) in [6.45, 7) is 2.07. The van der Waals surface area contributed by atoms with E-state index in [1.54, 1.807) is 6.92 Å². The van der Waals surface area contributed by atoms with Crippen LogP contribution >= 0.6 is 0 Å². The van der Waals surface area contributed by atoms with Crippen molar-refractivity contribution in [2.75, 3.05) is 6.61 Å². The van der Waals surface area contributed by atoms with E-state index < -0.39 is 11.6 Å². The monoisotopic (exact) mass is 170 g/mol. The van der Waals surface area contributed by atoms with Crippen molar-refractivity contribution in [3.05, 3.63) is 0 Å². The third kappa shape index (κ3) is 1.79. The third-order valence-electron chi connectivity index (χ3n) is 2.30. The van der Waals surface area contributed by atoms with Gasteiger partial charge in [0, 0.05) is 5.41 Å². The maximum Gasteiger partial charge on any atom is 0.306 e. The summed E-state index contributed by atoms with van der Waals surface area (Å²) in [7, 11) is 5.36. The highest BCUT2D eigenvalue weighted by Crippen LogP contribution is 2.54. The fourth-order valence-corrected chi connectivity index (χ4v) is 1.26. The van der Waals surface area contributed by atoms with Crippen molar-refractivity contribution in [3.63, 3.8) is 0 Å². The van der Waals surface area contributed by atoms with Gasteiger partial charge in [-0.15, -0.1) is 0 Å². The van der Waals surface area contributed by atoms with Crippen LogP contribution in [-0.2, 0) is 9.53 Å². The van der Waals surface area contributed by atoms with Crippen molar-refractivity contribution in [2.45, 2.75) is 32.3 Å². The number of halogens is 1. The van der Waals surface area contributed by atoms with Crippen LogP contribution < -0.4 is 0 Å². The molecule has 12 heavy (non-hydrogen) atoms. The van der Waals surface area contributed by atoms with Crippen molar-refractivity contribution in [3.8, 4) is 0 Å². The molecule has 0 heterocycles. The van der Waals surface area contributed by atoms with Gasteiger partial charge in [0.15, 0.2) is 0 Å². The normalized spacial score (nSPS) is 33.0. The van der Waals surface area contributed by atoms with E-state index in [4.69, 9.17) is 12.6 Å². The van der Waals surface area contributed by atoms with E-state index >= 15 is 0 Å². The molecule has 1 saturated carbocycles. The zero-order chi connectivity index (χ0) is 9.19. The zero-order valence-electron chi connectivity index (χ0n) is 7.18. The van der Waals surface area contributed by atoms with E-state index in [0.29, 0.717) is 13.0 Å². The molecule has 0 aromatic heterocycles. The zero-order valence-corrected chi connectivity index (χ0v) is 7.18. The Bertz CT molecular complexity index is 182. The van der Waals surface area contributed by atoms with Gasteiger partial charge in [-0.25, -0.2) is 4.39 Å². The Kier molecular flexibility index (Phi) is 2.75. The van der Waals surface area contributed by atoms with Crippen molar-refractivity contribution in [1.29, 1.82) is 0 Å². The second-order valence-corrected chi connectivity index (χ2v) is 3.22. The Morgan fingerprint density at radius 3 is 2.75 bits per heavy atom. The van der Waals surface area contributed by atoms with E-state index in [1.807, 2.05) is 0 Å². The van der Waals surface area contributed by atoms with Gasteiger partial charge in [0.1, 0.15) is 6.17 Å². The molecule has 2 radical (unpaired) electrons. The lowest BCUT2D eigenvalue weighted by atomic mass is 9.85. The standard InChI is InChI=1S/C8H12BFO2/c1-2-12-7(11)4-8(5-9)3-6(8)10/h6H,2-5H2,1H3. The van der Waals surface area contributed by atoms with E-state index in [-0.39, 0.29) is 18.7 Å². The van der Waals surface area contributed by atoms with Crippen LogP contribution in [0.25, 0.3) is 0 Å². The van der Waals surface area contributed by atoms with Gasteiger partial charge in [-0.05, 0) is 13.3 Å². The van der Waals surface area contributed by atoms with Gasteiger partial charge in [0.2, 0.25) is 0 Å². The van der Waals surface area contributed by atoms with Crippen LogP contribution in [0.1, 0.15) is 19.8 Å². The summed E-state index contributed by atoms with van der Waals surface area (Å²) in [6, 6.07) is 0. The van der Waals surface area contributed by atoms with Crippen molar-refractivity contribution >= 4 is 13.8 Å². The quantitative estimate of drug-likeness (QED) is 0.468. The van der Waals surface area contributed by atoms with Crippen LogP contribution in [-0.4, -0.2) is 26.6 Å². The molecule has 0 N–H and O–H groups in total. The second-order valence-electron chi connectivity index (χ2n) is 3.22. The molecule has 0 saturated heterocycles. The summed E-state index contributed by atoms with van der Waals surface area (Å²) in [6.07, 6.45) is -0.153.